The van der Waals surface area contributed by atoms with Gasteiger partial charge in [-0.05, 0) is 26.7 Å². The molecule has 0 radical (unpaired) electrons. The lowest BCUT2D eigenvalue weighted by Crippen LogP contribution is -2.36. The highest BCUT2D eigenvalue weighted by Crippen LogP contribution is 2.38. The van der Waals surface area contributed by atoms with E-state index in [1.807, 2.05) is 13.8 Å². The largest absolute Gasteiger partial charge is 0.443 e. The van der Waals surface area contributed by atoms with E-state index in [0.29, 0.717) is 53.3 Å². The molecule has 3 heterocycles. The predicted molar refractivity (Wildman–Crippen MR) is 116 cm³/mol. The highest BCUT2D eigenvalue weighted by Gasteiger charge is 2.40. The maximum atomic E-state index is 15.0. The number of imidazole rings is 1. The molecule has 10 nitrogen and oxygen atoms in total. The standard InChI is InChI=1S/C20H25ClFN7O3/c1-10(2)24-20(30)32-15-5-4-12(17(15)22)14-6-16(28-27-14)26-19-23-7-13(21)18-25-11(9-31-3)8-29(18)19/h6-8,10,12,15,17H,4-5,9H2,1-3H3,(H,24,30)(H2,23,26,27,28)/t12-,15-,17+/m1/s1. The Hall–Kier alpha value is -2.92. The molecule has 3 N–H and O–H groups in total. The number of aromatic nitrogens is 5. The number of nitrogens with zero attached hydrogens (tertiary/aromatic N) is 4. The second-order valence-corrected chi connectivity index (χ2v) is 8.40. The van der Waals surface area contributed by atoms with E-state index in [-0.39, 0.29) is 6.04 Å². The molecule has 172 valence electrons. The Morgan fingerprint density at radius 2 is 2.25 bits per heavy atom. The van der Waals surface area contributed by atoms with Crippen LogP contribution in [0.5, 0.6) is 0 Å². The van der Waals surface area contributed by atoms with Crippen LogP contribution in [-0.4, -0.2) is 56.1 Å². The van der Waals surface area contributed by atoms with Crippen LogP contribution in [0.4, 0.5) is 21.0 Å². The van der Waals surface area contributed by atoms with E-state index >= 15 is 0 Å². The third kappa shape index (κ3) is 4.63. The van der Waals surface area contributed by atoms with E-state index in [9.17, 15) is 9.18 Å². The highest BCUT2D eigenvalue weighted by molar-refractivity contribution is 6.33. The average Bonchev–Trinajstić information content (AvgIpc) is 3.44. The minimum absolute atomic E-state index is 0.0759. The number of hydrogen-bond donors (Lipinski definition) is 3. The first-order chi connectivity index (χ1) is 15.4. The number of carbonyl (C=O) groups excluding carboxylic acids is 1. The third-order valence-corrected chi connectivity index (χ3v) is 5.46. The van der Waals surface area contributed by atoms with Crippen LogP contribution >= 0.6 is 11.6 Å². The second kappa shape index (κ2) is 9.29. The van der Waals surface area contributed by atoms with Gasteiger partial charge < -0.3 is 20.1 Å². The summed E-state index contributed by atoms with van der Waals surface area (Å²) < 4.78 is 27.1. The minimum atomic E-state index is -1.33. The number of H-pyrrole nitrogens is 1. The number of anilines is 2. The first-order valence-electron chi connectivity index (χ1n) is 10.3. The number of alkyl halides is 1. The molecule has 0 unspecified atom stereocenters. The van der Waals surface area contributed by atoms with Crippen molar-refractivity contribution in [1.29, 1.82) is 0 Å². The Balaban J connectivity index is 1.47. The normalized spacial score (nSPS) is 20.8. The molecule has 1 aliphatic rings. The molecule has 3 aromatic heterocycles. The van der Waals surface area contributed by atoms with Crippen LogP contribution in [-0.2, 0) is 16.1 Å². The van der Waals surface area contributed by atoms with Crippen LogP contribution < -0.4 is 10.6 Å². The predicted octanol–water partition coefficient (Wildman–Crippen LogP) is 3.71. The fraction of sp³-hybridized carbons (Fsp3) is 0.500. The molecule has 1 saturated carbocycles. The summed E-state index contributed by atoms with van der Waals surface area (Å²) in [6.07, 6.45) is 1.52. The molecule has 0 bridgehead atoms. The Morgan fingerprint density at radius 3 is 3.00 bits per heavy atom. The number of amides is 1. The van der Waals surface area contributed by atoms with E-state index in [0.717, 1.165) is 0 Å². The van der Waals surface area contributed by atoms with E-state index in [2.05, 4.69) is 30.8 Å². The van der Waals surface area contributed by atoms with Crippen LogP contribution in [0.2, 0.25) is 5.02 Å². The van der Waals surface area contributed by atoms with Gasteiger partial charge >= 0.3 is 6.09 Å². The van der Waals surface area contributed by atoms with Gasteiger partial charge in [-0.25, -0.2) is 19.2 Å². The zero-order valence-corrected chi connectivity index (χ0v) is 18.7. The molecule has 0 aliphatic heterocycles. The molecule has 0 aromatic carbocycles. The van der Waals surface area contributed by atoms with Crippen LogP contribution in [0, 0.1) is 0 Å². The van der Waals surface area contributed by atoms with Gasteiger partial charge in [0.15, 0.2) is 11.5 Å². The van der Waals surface area contributed by atoms with Crippen molar-refractivity contribution in [3.63, 3.8) is 0 Å². The van der Waals surface area contributed by atoms with Gasteiger partial charge in [-0.3, -0.25) is 9.50 Å². The van der Waals surface area contributed by atoms with Gasteiger partial charge in [-0.1, -0.05) is 11.6 Å². The molecular formula is C20H25ClFN7O3. The number of carbonyl (C=O) groups is 1. The van der Waals surface area contributed by atoms with Crippen molar-refractivity contribution in [2.24, 2.45) is 0 Å². The van der Waals surface area contributed by atoms with Crippen LogP contribution in [0.25, 0.3) is 5.65 Å². The number of alkyl carbamates (subject to hydrolysis) is 1. The smallest absolute Gasteiger partial charge is 0.407 e. The summed E-state index contributed by atoms with van der Waals surface area (Å²) in [4.78, 5) is 20.6. The van der Waals surface area contributed by atoms with Gasteiger partial charge in [0.1, 0.15) is 17.3 Å². The Bertz CT molecular complexity index is 1100. The second-order valence-electron chi connectivity index (χ2n) is 7.99. The van der Waals surface area contributed by atoms with Gasteiger partial charge in [0.05, 0.1) is 18.5 Å². The van der Waals surface area contributed by atoms with Gasteiger partial charge in [-0.15, -0.1) is 0 Å². The molecule has 4 rings (SSSR count). The molecule has 0 spiro atoms. The SMILES string of the molecule is COCc1cn2c(Nc3cc([C@H]4CC[C@@H](OC(=O)NC(C)C)[C@H]4F)[nH]n3)ncc(Cl)c2n1. The van der Waals surface area contributed by atoms with Gasteiger partial charge in [0, 0.05) is 37.0 Å². The Kier molecular flexibility index (Phi) is 6.47. The van der Waals surface area contributed by atoms with Crippen molar-refractivity contribution in [1.82, 2.24) is 29.9 Å². The first kappa shape index (κ1) is 22.3. The molecule has 32 heavy (non-hydrogen) atoms. The number of methoxy groups -OCH3 is 1. The monoisotopic (exact) mass is 465 g/mol. The molecule has 0 saturated heterocycles. The van der Waals surface area contributed by atoms with Crippen molar-refractivity contribution in [3.05, 3.63) is 34.9 Å². The zero-order valence-electron chi connectivity index (χ0n) is 17.9. The number of rotatable bonds is 7. The maximum Gasteiger partial charge on any atom is 0.407 e. The summed E-state index contributed by atoms with van der Waals surface area (Å²) in [5, 5.41) is 13.2. The molecule has 1 aliphatic carbocycles. The summed E-state index contributed by atoms with van der Waals surface area (Å²) in [6.45, 7) is 3.97. The molecule has 3 aromatic rings. The molecular weight excluding hydrogens is 441 g/mol. The van der Waals surface area contributed by atoms with E-state index < -0.39 is 24.3 Å². The highest BCUT2D eigenvalue weighted by atomic mass is 35.5. The number of ether oxygens (including phenoxy) is 2. The zero-order chi connectivity index (χ0) is 22.8. The van der Waals surface area contributed by atoms with Crippen LogP contribution in [0.3, 0.4) is 0 Å². The van der Waals surface area contributed by atoms with Crippen molar-refractivity contribution >= 4 is 35.1 Å². The molecule has 1 amide bonds. The fourth-order valence-electron chi connectivity index (χ4n) is 3.79. The summed E-state index contributed by atoms with van der Waals surface area (Å²) >= 11 is 6.21. The van der Waals surface area contributed by atoms with Crippen molar-refractivity contribution < 1.29 is 18.7 Å². The number of hydrogen-bond acceptors (Lipinski definition) is 7. The van der Waals surface area contributed by atoms with Crippen LogP contribution in [0.15, 0.2) is 18.5 Å². The lowest BCUT2D eigenvalue weighted by Gasteiger charge is -2.18. The lowest BCUT2D eigenvalue weighted by atomic mass is 10.0. The summed E-state index contributed by atoms with van der Waals surface area (Å²) in [6, 6.07) is 1.65. The third-order valence-electron chi connectivity index (χ3n) is 5.19. The first-order valence-corrected chi connectivity index (χ1v) is 10.7. The lowest BCUT2D eigenvalue weighted by molar-refractivity contribution is 0.0555. The van der Waals surface area contributed by atoms with Crippen molar-refractivity contribution in [2.45, 2.75) is 57.5 Å². The fourth-order valence-corrected chi connectivity index (χ4v) is 3.97. The number of halogens is 2. The summed E-state index contributed by atoms with van der Waals surface area (Å²) in [5.74, 6) is 0.467. The minimum Gasteiger partial charge on any atom is -0.443 e. The van der Waals surface area contributed by atoms with Crippen molar-refractivity contribution in [3.8, 4) is 0 Å². The van der Waals surface area contributed by atoms with Gasteiger partial charge in [0.25, 0.3) is 0 Å². The number of aromatic amines is 1. The number of fused-ring (bicyclic) bond motifs is 1. The van der Waals surface area contributed by atoms with Gasteiger partial charge in [0.2, 0.25) is 5.95 Å². The molecule has 3 atom stereocenters. The molecule has 1 fully saturated rings. The Labute approximate surface area is 188 Å². The topological polar surface area (TPSA) is 118 Å². The quantitative estimate of drug-likeness (QED) is 0.486. The average molecular weight is 466 g/mol. The van der Waals surface area contributed by atoms with Crippen LogP contribution in [0.1, 0.15) is 44.0 Å². The van der Waals surface area contributed by atoms with Gasteiger partial charge in [-0.2, -0.15) is 5.10 Å². The van der Waals surface area contributed by atoms with E-state index in [4.69, 9.17) is 21.1 Å². The summed E-state index contributed by atoms with van der Waals surface area (Å²) in [5.41, 5.74) is 1.85. The number of nitrogens with one attached hydrogen (secondary N) is 3. The molecule has 12 heteroatoms. The van der Waals surface area contributed by atoms with E-state index in [1.165, 1.54) is 6.20 Å². The summed E-state index contributed by atoms with van der Waals surface area (Å²) in [7, 11) is 1.59. The maximum absolute atomic E-state index is 15.0. The van der Waals surface area contributed by atoms with E-state index in [1.54, 1.807) is 23.8 Å². The Morgan fingerprint density at radius 1 is 1.44 bits per heavy atom. The van der Waals surface area contributed by atoms with Crippen molar-refractivity contribution in [2.75, 3.05) is 12.4 Å².